The number of piperidine rings is 1. The van der Waals surface area contributed by atoms with Crippen molar-refractivity contribution in [2.75, 3.05) is 32.1 Å². The topological polar surface area (TPSA) is 32.3 Å². The van der Waals surface area contributed by atoms with Crippen LogP contribution in [0.25, 0.3) is 0 Å². The first-order valence-corrected chi connectivity index (χ1v) is 8.46. The standard InChI is InChI=1S/C13H28N2OS/c1-11(7-9-17(4)16)14-12(2)13-6-5-8-15(3)10-13/h11-14H,5-10H2,1-4H3. The fourth-order valence-corrected chi connectivity index (χ4v) is 3.31. The summed E-state index contributed by atoms with van der Waals surface area (Å²) < 4.78 is 11.1. The van der Waals surface area contributed by atoms with Gasteiger partial charge in [-0.15, -0.1) is 0 Å². The van der Waals surface area contributed by atoms with Gasteiger partial charge in [-0.3, -0.25) is 4.21 Å². The lowest BCUT2D eigenvalue weighted by molar-refractivity contribution is 0.174. The monoisotopic (exact) mass is 260 g/mol. The van der Waals surface area contributed by atoms with Crippen molar-refractivity contribution < 1.29 is 4.21 Å². The molecule has 4 atom stereocenters. The third-order valence-corrected chi connectivity index (χ3v) is 4.56. The van der Waals surface area contributed by atoms with Crippen LogP contribution in [0.15, 0.2) is 0 Å². The van der Waals surface area contributed by atoms with Gasteiger partial charge in [0.05, 0.1) is 0 Å². The molecule has 1 fully saturated rings. The van der Waals surface area contributed by atoms with Crippen LogP contribution in [0.4, 0.5) is 0 Å². The van der Waals surface area contributed by atoms with Crippen molar-refractivity contribution in [1.82, 2.24) is 10.2 Å². The van der Waals surface area contributed by atoms with Gasteiger partial charge >= 0.3 is 0 Å². The van der Waals surface area contributed by atoms with Crippen LogP contribution < -0.4 is 5.32 Å². The van der Waals surface area contributed by atoms with E-state index in [-0.39, 0.29) is 0 Å². The van der Waals surface area contributed by atoms with E-state index in [4.69, 9.17) is 0 Å². The van der Waals surface area contributed by atoms with Gasteiger partial charge < -0.3 is 10.2 Å². The molecule has 0 aromatic rings. The van der Waals surface area contributed by atoms with Gasteiger partial charge in [-0.05, 0) is 52.6 Å². The van der Waals surface area contributed by atoms with Gasteiger partial charge in [-0.1, -0.05) is 0 Å². The van der Waals surface area contributed by atoms with Gasteiger partial charge in [0, 0.05) is 41.4 Å². The Kier molecular flexibility index (Phi) is 6.67. The van der Waals surface area contributed by atoms with Gasteiger partial charge in [0.1, 0.15) is 0 Å². The number of hydrogen-bond donors (Lipinski definition) is 1. The number of rotatable bonds is 6. The SMILES string of the molecule is CC(CCS(C)=O)NC(C)C1CCCN(C)C1. The van der Waals surface area contributed by atoms with Crippen molar-refractivity contribution in [3.05, 3.63) is 0 Å². The fourth-order valence-electron chi connectivity index (χ4n) is 2.63. The van der Waals surface area contributed by atoms with Crippen LogP contribution in [0.3, 0.4) is 0 Å². The molecule has 17 heavy (non-hydrogen) atoms. The zero-order chi connectivity index (χ0) is 12.8. The van der Waals surface area contributed by atoms with Gasteiger partial charge in [-0.2, -0.15) is 0 Å². The van der Waals surface area contributed by atoms with E-state index in [2.05, 4.69) is 31.1 Å². The molecule has 1 N–H and O–H groups in total. The molecule has 0 aromatic heterocycles. The maximum absolute atomic E-state index is 11.1. The minimum atomic E-state index is -0.660. The lowest BCUT2D eigenvalue weighted by atomic mass is 9.91. The van der Waals surface area contributed by atoms with Crippen molar-refractivity contribution in [1.29, 1.82) is 0 Å². The predicted molar refractivity (Wildman–Crippen MR) is 75.8 cm³/mol. The summed E-state index contributed by atoms with van der Waals surface area (Å²) in [5.74, 6) is 1.58. The second-order valence-corrected chi connectivity index (χ2v) is 7.14. The van der Waals surface area contributed by atoms with Gasteiger partial charge in [0.15, 0.2) is 0 Å². The van der Waals surface area contributed by atoms with Crippen LogP contribution in [0.1, 0.15) is 33.1 Å². The Morgan fingerprint density at radius 3 is 2.76 bits per heavy atom. The first kappa shape index (κ1) is 15.1. The first-order valence-electron chi connectivity index (χ1n) is 6.73. The largest absolute Gasteiger partial charge is 0.311 e. The van der Waals surface area contributed by atoms with Gasteiger partial charge in [0.2, 0.25) is 0 Å². The summed E-state index contributed by atoms with van der Waals surface area (Å²) in [6, 6.07) is 1.04. The van der Waals surface area contributed by atoms with Crippen LogP contribution in [0.2, 0.25) is 0 Å². The Balaban J connectivity index is 2.27. The molecule has 0 saturated carbocycles. The fraction of sp³-hybridized carbons (Fsp3) is 1.00. The molecule has 0 bridgehead atoms. The smallest absolute Gasteiger partial charge is 0.0246 e. The van der Waals surface area contributed by atoms with E-state index in [0.717, 1.165) is 18.1 Å². The van der Waals surface area contributed by atoms with E-state index in [9.17, 15) is 4.21 Å². The molecule has 1 saturated heterocycles. The minimum absolute atomic E-state index is 0.473. The molecule has 0 aliphatic carbocycles. The second kappa shape index (κ2) is 7.49. The lowest BCUT2D eigenvalue weighted by Crippen LogP contribution is -2.46. The summed E-state index contributed by atoms with van der Waals surface area (Å²) in [7, 11) is 1.55. The summed E-state index contributed by atoms with van der Waals surface area (Å²) >= 11 is 0. The number of hydrogen-bond acceptors (Lipinski definition) is 3. The number of nitrogens with one attached hydrogen (secondary N) is 1. The highest BCUT2D eigenvalue weighted by molar-refractivity contribution is 7.84. The van der Waals surface area contributed by atoms with E-state index < -0.39 is 10.8 Å². The Hall–Kier alpha value is 0.0700. The van der Waals surface area contributed by atoms with Crippen LogP contribution in [0, 0.1) is 5.92 Å². The molecule has 0 aromatic carbocycles. The molecule has 0 spiro atoms. The average molecular weight is 260 g/mol. The summed E-state index contributed by atoms with van der Waals surface area (Å²) in [6.07, 6.45) is 5.45. The minimum Gasteiger partial charge on any atom is -0.311 e. The van der Waals surface area contributed by atoms with E-state index >= 15 is 0 Å². The summed E-state index contributed by atoms with van der Waals surface area (Å²) in [6.45, 7) is 6.95. The van der Waals surface area contributed by atoms with Crippen LogP contribution in [0.5, 0.6) is 0 Å². The number of likely N-dealkylation sites (tertiary alicyclic amines) is 1. The molecule has 1 aliphatic heterocycles. The normalized spacial score (nSPS) is 27.6. The van der Waals surface area contributed by atoms with E-state index in [0.29, 0.717) is 12.1 Å². The summed E-state index contributed by atoms with van der Waals surface area (Å²) in [5.41, 5.74) is 0. The van der Waals surface area contributed by atoms with Crippen molar-refractivity contribution in [2.24, 2.45) is 5.92 Å². The van der Waals surface area contributed by atoms with Crippen LogP contribution >= 0.6 is 0 Å². The molecule has 3 nitrogen and oxygen atoms in total. The second-order valence-electron chi connectivity index (χ2n) is 5.59. The Morgan fingerprint density at radius 1 is 1.47 bits per heavy atom. The van der Waals surface area contributed by atoms with Crippen LogP contribution in [-0.2, 0) is 10.8 Å². The maximum Gasteiger partial charge on any atom is 0.0246 e. The van der Waals surface area contributed by atoms with Crippen molar-refractivity contribution in [3.8, 4) is 0 Å². The molecule has 1 heterocycles. The molecule has 1 aliphatic rings. The zero-order valence-corrected chi connectivity index (χ0v) is 12.6. The highest BCUT2D eigenvalue weighted by atomic mass is 32.2. The van der Waals surface area contributed by atoms with Crippen molar-refractivity contribution >= 4 is 10.8 Å². The molecular weight excluding hydrogens is 232 g/mol. The summed E-state index contributed by atoms with van der Waals surface area (Å²) in [5, 5.41) is 3.66. The zero-order valence-electron chi connectivity index (χ0n) is 11.7. The van der Waals surface area contributed by atoms with E-state index in [1.165, 1.54) is 25.9 Å². The Labute approximate surface area is 109 Å². The highest BCUT2D eigenvalue weighted by Gasteiger charge is 2.23. The third-order valence-electron chi connectivity index (χ3n) is 3.75. The first-order chi connectivity index (χ1) is 7.99. The molecular formula is C13H28N2OS. The maximum atomic E-state index is 11.1. The molecule has 102 valence electrons. The number of nitrogens with zero attached hydrogens (tertiary/aromatic N) is 1. The van der Waals surface area contributed by atoms with Crippen molar-refractivity contribution in [3.63, 3.8) is 0 Å². The van der Waals surface area contributed by atoms with E-state index in [1.54, 1.807) is 6.26 Å². The van der Waals surface area contributed by atoms with Gasteiger partial charge in [-0.25, -0.2) is 0 Å². The van der Waals surface area contributed by atoms with Gasteiger partial charge in [0.25, 0.3) is 0 Å². The molecule has 0 radical (unpaired) electrons. The van der Waals surface area contributed by atoms with E-state index in [1.807, 2.05) is 0 Å². The average Bonchev–Trinajstić information content (AvgIpc) is 2.26. The quantitative estimate of drug-likeness (QED) is 0.785. The van der Waals surface area contributed by atoms with Crippen LogP contribution in [-0.4, -0.2) is 53.3 Å². The highest BCUT2D eigenvalue weighted by Crippen LogP contribution is 2.19. The molecule has 4 unspecified atom stereocenters. The molecule has 0 amide bonds. The van der Waals surface area contributed by atoms with Crippen molar-refractivity contribution in [2.45, 2.75) is 45.2 Å². The third kappa shape index (κ3) is 5.98. The lowest BCUT2D eigenvalue weighted by Gasteiger charge is -2.35. The Morgan fingerprint density at radius 2 is 2.18 bits per heavy atom. The Bertz CT molecular complexity index is 248. The molecule has 4 heteroatoms. The molecule has 1 rings (SSSR count). The predicted octanol–water partition coefficient (Wildman–Crippen LogP) is 1.46. The summed E-state index contributed by atoms with van der Waals surface area (Å²) in [4.78, 5) is 2.43.